The van der Waals surface area contributed by atoms with Crippen LogP contribution in [0.4, 0.5) is 0 Å². The summed E-state index contributed by atoms with van der Waals surface area (Å²) in [5, 5.41) is 16.3. The van der Waals surface area contributed by atoms with E-state index in [1.54, 1.807) is 0 Å². The van der Waals surface area contributed by atoms with E-state index in [0.29, 0.717) is 5.92 Å². The minimum Gasteiger partial charge on any atom is -0.391 e. The number of rotatable bonds is 4. The summed E-state index contributed by atoms with van der Waals surface area (Å²) in [5.41, 5.74) is 3.94. The van der Waals surface area contributed by atoms with Crippen LogP contribution in [0.2, 0.25) is 0 Å². The van der Waals surface area contributed by atoms with Gasteiger partial charge in [0.1, 0.15) is 0 Å². The van der Waals surface area contributed by atoms with E-state index in [9.17, 15) is 5.11 Å². The van der Waals surface area contributed by atoms with E-state index >= 15 is 0 Å². The summed E-state index contributed by atoms with van der Waals surface area (Å²) in [5.74, 6) is 0.348. The second-order valence-corrected chi connectivity index (χ2v) is 5.11. The lowest BCUT2D eigenvalue weighted by molar-refractivity contribution is 0.146. The fraction of sp³-hybridized carbons (Fsp3) is 0.571. The first-order valence-corrected chi connectivity index (χ1v) is 6.32. The van der Waals surface area contributed by atoms with E-state index in [-0.39, 0.29) is 18.5 Å². The predicted octanol–water partition coefficient (Wildman–Crippen LogP) is 1.40. The molecule has 1 fully saturated rings. The Hall–Kier alpha value is -0.610. The Kier molecular flexibility index (Phi) is 6.09. The fourth-order valence-electron chi connectivity index (χ4n) is 2.50. The third-order valence-corrected chi connectivity index (χ3v) is 3.32. The van der Waals surface area contributed by atoms with Gasteiger partial charge in [-0.25, -0.2) is 0 Å². The summed E-state index contributed by atoms with van der Waals surface area (Å²) < 4.78 is 0. The number of β-amino-alcohol motifs (C(OH)–C–C–N with tert-alkyl or cyclic N) is 1. The zero-order chi connectivity index (χ0) is 12.3. The Bertz CT molecular complexity index is 364. The van der Waals surface area contributed by atoms with Gasteiger partial charge in [0.05, 0.1) is 6.10 Å². The van der Waals surface area contributed by atoms with E-state index in [1.807, 2.05) is 0 Å². The maximum Gasteiger partial charge on any atom is 0.0716 e. The fourth-order valence-corrected chi connectivity index (χ4v) is 2.50. The van der Waals surface area contributed by atoms with Gasteiger partial charge < -0.3 is 15.7 Å². The van der Waals surface area contributed by atoms with Crippen LogP contribution < -0.4 is 10.6 Å². The molecule has 1 saturated heterocycles. The normalized spacial score (nSPS) is 22.8. The van der Waals surface area contributed by atoms with Gasteiger partial charge in [-0.2, -0.15) is 0 Å². The predicted molar refractivity (Wildman–Crippen MR) is 77.2 cm³/mol. The molecule has 102 valence electrons. The monoisotopic (exact) mass is 270 g/mol. The molecule has 0 spiro atoms. The lowest BCUT2D eigenvalue weighted by atomic mass is 10.1. The molecule has 1 aromatic rings. The van der Waals surface area contributed by atoms with Crippen molar-refractivity contribution < 1.29 is 5.11 Å². The highest BCUT2D eigenvalue weighted by molar-refractivity contribution is 5.85. The molecule has 1 heterocycles. The summed E-state index contributed by atoms with van der Waals surface area (Å²) in [7, 11) is 0. The molecule has 1 aliphatic rings. The Morgan fingerprint density at radius 1 is 1.22 bits per heavy atom. The molecule has 2 rings (SSSR count). The first-order chi connectivity index (χ1) is 8.15. The van der Waals surface area contributed by atoms with E-state index in [2.05, 4.69) is 42.7 Å². The van der Waals surface area contributed by atoms with Crippen molar-refractivity contribution >= 4 is 12.4 Å². The molecule has 1 aliphatic heterocycles. The summed E-state index contributed by atoms with van der Waals surface area (Å²) in [4.78, 5) is 0. The number of aliphatic hydroxyl groups is 1. The Balaban J connectivity index is 0.00000162. The van der Waals surface area contributed by atoms with Crippen molar-refractivity contribution in [2.75, 3.05) is 19.6 Å². The number of hydrogen-bond acceptors (Lipinski definition) is 3. The maximum absolute atomic E-state index is 9.67. The van der Waals surface area contributed by atoms with Crippen LogP contribution in [0.5, 0.6) is 0 Å². The molecule has 0 aliphatic carbocycles. The molecule has 2 atom stereocenters. The molecule has 2 unspecified atom stereocenters. The minimum absolute atomic E-state index is 0. The van der Waals surface area contributed by atoms with Gasteiger partial charge in [-0.05, 0) is 19.4 Å². The van der Waals surface area contributed by atoms with Gasteiger partial charge in [0.2, 0.25) is 0 Å². The quantitative estimate of drug-likeness (QED) is 0.775. The number of nitrogens with one attached hydrogen (secondary N) is 2. The second-order valence-electron chi connectivity index (χ2n) is 5.11. The van der Waals surface area contributed by atoms with E-state index < -0.39 is 0 Å². The molecule has 0 aromatic heterocycles. The van der Waals surface area contributed by atoms with Gasteiger partial charge in [0, 0.05) is 32.1 Å². The van der Waals surface area contributed by atoms with Crippen molar-refractivity contribution in [3.05, 3.63) is 34.9 Å². The largest absolute Gasteiger partial charge is 0.391 e. The summed E-state index contributed by atoms with van der Waals surface area (Å²) in [6.07, 6.45) is -0.193. The standard InChI is InChI=1S/C14H22N2O.ClH/c1-10-3-11(2)5-12(4-10)6-15-7-13-8-16-9-14(13)17;/h3-5,13-17H,6-9H2,1-2H3;1H. The smallest absolute Gasteiger partial charge is 0.0716 e. The molecule has 1 aromatic carbocycles. The van der Waals surface area contributed by atoms with Crippen LogP contribution in [0.25, 0.3) is 0 Å². The molecule has 0 radical (unpaired) electrons. The molecule has 4 heteroatoms. The Labute approximate surface area is 115 Å². The van der Waals surface area contributed by atoms with Crippen LogP contribution in [0.3, 0.4) is 0 Å². The SMILES string of the molecule is Cc1cc(C)cc(CNCC2CNCC2O)c1.Cl. The molecule has 0 bridgehead atoms. The molecule has 18 heavy (non-hydrogen) atoms. The van der Waals surface area contributed by atoms with Crippen molar-refractivity contribution in [1.29, 1.82) is 0 Å². The minimum atomic E-state index is -0.193. The van der Waals surface area contributed by atoms with Gasteiger partial charge in [-0.3, -0.25) is 0 Å². The van der Waals surface area contributed by atoms with Gasteiger partial charge in [0.15, 0.2) is 0 Å². The second kappa shape index (κ2) is 7.10. The first kappa shape index (κ1) is 15.4. The average molecular weight is 271 g/mol. The van der Waals surface area contributed by atoms with Crippen LogP contribution >= 0.6 is 12.4 Å². The molecular weight excluding hydrogens is 248 g/mol. The zero-order valence-corrected chi connectivity index (χ0v) is 11.9. The topological polar surface area (TPSA) is 44.3 Å². The van der Waals surface area contributed by atoms with Crippen molar-refractivity contribution in [2.24, 2.45) is 5.92 Å². The molecule has 3 nitrogen and oxygen atoms in total. The highest BCUT2D eigenvalue weighted by atomic mass is 35.5. The maximum atomic E-state index is 9.67. The van der Waals surface area contributed by atoms with Crippen molar-refractivity contribution in [2.45, 2.75) is 26.5 Å². The van der Waals surface area contributed by atoms with Crippen LogP contribution in [-0.4, -0.2) is 30.8 Å². The summed E-state index contributed by atoms with van der Waals surface area (Å²) in [6.45, 7) is 7.66. The third kappa shape index (κ3) is 4.25. The van der Waals surface area contributed by atoms with Gasteiger partial charge in [0.25, 0.3) is 0 Å². The summed E-state index contributed by atoms with van der Waals surface area (Å²) in [6, 6.07) is 6.61. The van der Waals surface area contributed by atoms with E-state index in [1.165, 1.54) is 16.7 Å². The number of hydrogen-bond donors (Lipinski definition) is 3. The van der Waals surface area contributed by atoms with Gasteiger partial charge in [-0.15, -0.1) is 12.4 Å². The molecular formula is C14H23ClN2O. The van der Waals surface area contributed by atoms with Crippen LogP contribution in [0.15, 0.2) is 18.2 Å². The Morgan fingerprint density at radius 3 is 2.44 bits per heavy atom. The average Bonchev–Trinajstić information content (AvgIpc) is 2.63. The van der Waals surface area contributed by atoms with Crippen LogP contribution in [0, 0.1) is 19.8 Å². The lowest BCUT2D eigenvalue weighted by Gasteiger charge is -2.14. The van der Waals surface area contributed by atoms with Crippen molar-refractivity contribution in [1.82, 2.24) is 10.6 Å². The highest BCUT2D eigenvalue weighted by Crippen LogP contribution is 2.10. The van der Waals surface area contributed by atoms with Crippen molar-refractivity contribution in [3.8, 4) is 0 Å². The summed E-state index contributed by atoms with van der Waals surface area (Å²) >= 11 is 0. The van der Waals surface area contributed by atoms with Gasteiger partial charge in [-0.1, -0.05) is 29.3 Å². The van der Waals surface area contributed by atoms with Crippen LogP contribution in [0.1, 0.15) is 16.7 Å². The van der Waals surface area contributed by atoms with Gasteiger partial charge >= 0.3 is 0 Å². The highest BCUT2D eigenvalue weighted by Gasteiger charge is 2.23. The molecule has 3 N–H and O–H groups in total. The van der Waals surface area contributed by atoms with Crippen LogP contribution in [-0.2, 0) is 6.54 Å². The number of aryl methyl sites for hydroxylation is 2. The number of halogens is 1. The lowest BCUT2D eigenvalue weighted by Crippen LogP contribution is -2.30. The molecule has 0 amide bonds. The Morgan fingerprint density at radius 2 is 1.89 bits per heavy atom. The first-order valence-electron chi connectivity index (χ1n) is 6.32. The van der Waals surface area contributed by atoms with E-state index in [0.717, 1.165) is 26.2 Å². The van der Waals surface area contributed by atoms with E-state index in [4.69, 9.17) is 0 Å². The molecule has 0 saturated carbocycles. The number of benzene rings is 1. The van der Waals surface area contributed by atoms with Crippen molar-refractivity contribution in [3.63, 3.8) is 0 Å². The third-order valence-electron chi connectivity index (χ3n) is 3.32. The number of aliphatic hydroxyl groups excluding tert-OH is 1. The zero-order valence-electron chi connectivity index (χ0n) is 11.1.